The maximum absolute atomic E-state index is 10.8. The summed E-state index contributed by atoms with van der Waals surface area (Å²) in [4.78, 5) is 27.0. The van der Waals surface area contributed by atoms with Crippen LogP contribution in [0.4, 0.5) is 0 Å². The van der Waals surface area contributed by atoms with E-state index in [1.54, 1.807) is 19.4 Å². The lowest BCUT2D eigenvalue weighted by molar-refractivity contribution is -0.109. The molecule has 1 aliphatic heterocycles. The molecule has 1 saturated heterocycles. The number of pyridine rings is 2. The molecular weight excluding hydrogens is 470 g/mol. The number of rotatable bonds is 9. The largest absolute Gasteiger partial charge is 0.507 e. The Morgan fingerprint density at radius 2 is 1.62 bits per heavy atom. The number of carbonyl (C=O) groups is 1. The normalized spacial score (nSPS) is 15.9. The monoisotopic (exact) mass is 505 g/mol. The van der Waals surface area contributed by atoms with Crippen LogP contribution in [0.25, 0.3) is 11.1 Å². The Morgan fingerprint density at radius 3 is 2.30 bits per heavy atom. The number of ether oxygens (including phenoxy) is 2. The number of phenolic OH excluding ortho intramolecular Hbond substituents is 1. The zero-order valence-electron chi connectivity index (χ0n) is 21.5. The van der Waals surface area contributed by atoms with Crippen molar-refractivity contribution in [3.8, 4) is 28.4 Å². The Morgan fingerprint density at radius 1 is 0.919 bits per heavy atom. The highest BCUT2D eigenvalue weighted by molar-refractivity contribution is 5.78. The van der Waals surface area contributed by atoms with Gasteiger partial charge in [0, 0.05) is 76.9 Å². The van der Waals surface area contributed by atoms with Gasteiger partial charge in [-0.15, -0.1) is 0 Å². The van der Waals surface area contributed by atoms with Crippen molar-refractivity contribution in [3.63, 3.8) is 0 Å². The lowest BCUT2D eigenvalue weighted by Gasteiger charge is -2.25. The van der Waals surface area contributed by atoms with Crippen molar-refractivity contribution in [1.82, 2.24) is 24.7 Å². The summed E-state index contributed by atoms with van der Waals surface area (Å²) in [5.41, 5.74) is 3.37. The fourth-order valence-electron chi connectivity index (χ4n) is 4.47. The summed E-state index contributed by atoms with van der Waals surface area (Å²) in [7, 11) is 3.71. The highest BCUT2D eigenvalue weighted by atomic mass is 16.5. The van der Waals surface area contributed by atoms with Crippen LogP contribution in [0.15, 0.2) is 54.9 Å². The van der Waals surface area contributed by atoms with E-state index in [0.717, 1.165) is 62.8 Å². The second kappa shape index (κ2) is 13.1. The minimum absolute atomic E-state index is 0.0203. The van der Waals surface area contributed by atoms with Crippen molar-refractivity contribution in [2.45, 2.75) is 13.1 Å². The molecule has 0 saturated carbocycles. The molecule has 1 aromatic carbocycles. The first kappa shape index (κ1) is 26.5. The van der Waals surface area contributed by atoms with Gasteiger partial charge in [0.2, 0.25) is 0 Å². The van der Waals surface area contributed by atoms with Crippen molar-refractivity contribution >= 4 is 6.29 Å². The Balaban J connectivity index is 1.49. The lowest BCUT2D eigenvalue weighted by Crippen LogP contribution is -2.35. The smallest absolute Gasteiger partial charge is 0.157 e. The van der Waals surface area contributed by atoms with E-state index in [1.807, 2.05) is 30.5 Å². The molecule has 0 atom stereocenters. The van der Waals surface area contributed by atoms with Crippen LogP contribution in [0.1, 0.15) is 11.4 Å². The third-order valence-corrected chi connectivity index (χ3v) is 6.52. The third kappa shape index (κ3) is 7.48. The summed E-state index contributed by atoms with van der Waals surface area (Å²) in [6.45, 7) is 7.24. The SMILES string of the molecule is COc1cc(OCC=O)cc(O)c1-c1ccnc(CN2CCN(C)CCN(Cc3ccccn3)CC2)c1. The number of aromatic hydroxyl groups is 1. The molecule has 1 fully saturated rings. The van der Waals surface area contributed by atoms with Gasteiger partial charge in [0.05, 0.1) is 24.1 Å². The number of hydrogen-bond acceptors (Lipinski definition) is 9. The van der Waals surface area contributed by atoms with Gasteiger partial charge in [-0.2, -0.15) is 0 Å². The van der Waals surface area contributed by atoms with Crippen LogP contribution in [-0.4, -0.2) is 96.1 Å². The van der Waals surface area contributed by atoms with Crippen molar-refractivity contribution < 1.29 is 19.4 Å². The van der Waals surface area contributed by atoms with E-state index in [4.69, 9.17) is 9.47 Å². The molecule has 3 heterocycles. The van der Waals surface area contributed by atoms with Gasteiger partial charge in [-0.25, -0.2) is 0 Å². The first-order valence-corrected chi connectivity index (χ1v) is 12.5. The molecule has 196 valence electrons. The number of methoxy groups -OCH3 is 1. The Bertz CT molecular complexity index is 1160. The van der Waals surface area contributed by atoms with Gasteiger partial charge in [-0.05, 0) is 36.9 Å². The summed E-state index contributed by atoms with van der Waals surface area (Å²) in [6, 6.07) is 13.1. The zero-order valence-corrected chi connectivity index (χ0v) is 21.5. The van der Waals surface area contributed by atoms with Crippen LogP contribution in [0.5, 0.6) is 17.2 Å². The Hall–Kier alpha value is -3.53. The van der Waals surface area contributed by atoms with Gasteiger partial charge in [0.15, 0.2) is 6.29 Å². The fraction of sp³-hybridized carbons (Fsp3) is 0.393. The molecule has 0 bridgehead atoms. The number of aromatic nitrogens is 2. The zero-order chi connectivity index (χ0) is 26.0. The van der Waals surface area contributed by atoms with E-state index in [9.17, 15) is 9.90 Å². The number of phenols is 1. The molecule has 0 amide bonds. The van der Waals surface area contributed by atoms with E-state index >= 15 is 0 Å². The van der Waals surface area contributed by atoms with Crippen LogP contribution in [0.2, 0.25) is 0 Å². The standard InChI is InChI=1S/C28H35N5O4/c1-31-9-11-32(20-23-5-3-4-7-29-23)13-14-33(12-10-31)21-24-17-22(6-8-30-24)28-26(35)18-25(37-16-15-34)19-27(28)36-2/h3-8,15,17-19,35H,9-14,16,20-21H2,1-2H3. The highest BCUT2D eigenvalue weighted by Crippen LogP contribution is 2.41. The van der Waals surface area contributed by atoms with Crippen molar-refractivity contribution in [3.05, 3.63) is 66.2 Å². The number of aldehydes is 1. The summed E-state index contributed by atoms with van der Waals surface area (Å²) in [5.74, 6) is 0.857. The second-order valence-electron chi connectivity index (χ2n) is 9.21. The topological polar surface area (TPSA) is 91.3 Å². The summed E-state index contributed by atoms with van der Waals surface area (Å²) >= 11 is 0. The first-order chi connectivity index (χ1) is 18.1. The van der Waals surface area contributed by atoms with Crippen LogP contribution < -0.4 is 9.47 Å². The average molecular weight is 506 g/mol. The van der Waals surface area contributed by atoms with Crippen LogP contribution >= 0.6 is 0 Å². The van der Waals surface area contributed by atoms with Crippen LogP contribution in [-0.2, 0) is 17.9 Å². The maximum atomic E-state index is 10.8. The van der Waals surface area contributed by atoms with Crippen molar-refractivity contribution in [2.75, 3.05) is 60.0 Å². The Kier molecular flexibility index (Phi) is 9.42. The first-order valence-electron chi connectivity index (χ1n) is 12.5. The van der Waals surface area contributed by atoms with E-state index in [2.05, 4.69) is 37.8 Å². The van der Waals surface area contributed by atoms with E-state index in [-0.39, 0.29) is 12.4 Å². The number of carbonyl (C=O) groups excluding carboxylic acids is 1. The molecule has 1 aliphatic rings. The third-order valence-electron chi connectivity index (χ3n) is 6.52. The van der Waals surface area contributed by atoms with Crippen LogP contribution in [0, 0.1) is 0 Å². The van der Waals surface area contributed by atoms with Crippen molar-refractivity contribution in [1.29, 1.82) is 0 Å². The van der Waals surface area contributed by atoms with Gasteiger partial charge < -0.3 is 19.5 Å². The Labute approximate surface area is 218 Å². The minimum atomic E-state index is -0.0916. The molecule has 37 heavy (non-hydrogen) atoms. The highest BCUT2D eigenvalue weighted by Gasteiger charge is 2.18. The molecule has 4 rings (SSSR count). The molecule has 1 N–H and O–H groups in total. The summed E-state index contributed by atoms with van der Waals surface area (Å²) in [6.07, 6.45) is 4.27. The summed E-state index contributed by atoms with van der Waals surface area (Å²) in [5, 5.41) is 10.8. The second-order valence-corrected chi connectivity index (χ2v) is 9.21. The van der Waals surface area contributed by atoms with Gasteiger partial charge in [-0.1, -0.05) is 6.07 Å². The van der Waals surface area contributed by atoms with Gasteiger partial charge in [-0.3, -0.25) is 24.6 Å². The van der Waals surface area contributed by atoms with E-state index in [1.165, 1.54) is 6.07 Å². The number of nitrogens with zero attached hydrogens (tertiary/aromatic N) is 5. The lowest BCUT2D eigenvalue weighted by atomic mass is 10.0. The quantitative estimate of drug-likeness (QED) is 0.441. The molecule has 0 radical (unpaired) electrons. The molecule has 9 nitrogen and oxygen atoms in total. The molecular formula is C28H35N5O4. The predicted octanol–water partition coefficient (Wildman–Crippen LogP) is 2.69. The minimum Gasteiger partial charge on any atom is -0.507 e. The molecule has 9 heteroatoms. The number of benzene rings is 1. The maximum Gasteiger partial charge on any atom is 0.157 e. The van der Waals surface area contributed by atoms with Crippen LogP contribution in [0.3, 0.4) is 0 Å². The average Bonchev–Trinajstić information content (AvgIpc) is 2.99. The van der Waals surface area contributed by atoms with Gasteiger partial charge >= 0.3 is 0 Å². The molecule has 0 spiro atoms. The molecule has 2 aromatic heterocycles. The molecule has 0 aliphatic carbocycles. The number of hydrogen-bond donors (Lipinski definition) is 1. The fourth-order valence-corrected chi connectivity index (χ4v) is 4.47. The molecule has 0 unspecified atom stereocenters. The van der Waals surface area contributed by atoms with Gasteiger partial charge in [0.1, 0.15) is 23.9 Å². The van der Waals surface area contributed by atoms with E-state index < -0.39 is 0 Å². The van der Waals surface area contributed by atoms with Crippen molar-refractivity contribution in [2.24, 2.45) is 0 Å². The van der Waals surface area contributed by atoms with Gasteiger partial charge in [0.25, 0.3) is 0 Å². The molecule has 3 aromatic rings. The van der Waals surface area contributed by atoms with E-state index in [0.29, 0.717) is 29.9 Å². The number of likely N-dealkylation sites (N-methyl/N-ethyl adjacent to an activating group) is 1. The predicted molar refractivity (Wildman–Crippen MR) is 142 cm³/mol. The summed E-state index contributed by atoms with van der Waals surface area (Å²) < 4.78 is 10.9.